The predicted octanol–water partition coefficient (Wildman–Crippen LogP) is 0.350. The molecule has 0 amide bonds. The molecule has 0 unspecified atom stereocenters. The maximum Gasteiger partial charge on any atom is 0.240 e. The lowest BCUT2D eigenvalue weighted by molar-refractivity contribution is -0.937. The van der Waals surface area contributed by atoms with Gasteiger partial charge in [0.1, 0.15) is 19.1 Å². The lowest BCUT2D eigenvalue weighted by atomic mass is 10.0. The Bertz CT molecular complexity index is 882. The Kier molecular flexibility index (Phi) is 5.31. The zero-order valence-corrected chi connectivity index (χ0v) is 15.7. The van der Waals surface area contributed by atoms with E-state index in [1.165, 1.54) is 4.90 Å². The van der Waals surface area contributed by atoms with Crippen molar-refractivity contribution in [2.45, 2.75) is 10.9 Å². The van der Waals surface area contributed by atoms with Crippen molar-refractivity contribution in [3.8, 4) is 11.5 Å². The van der Waals surface area contributed by atoms with Gasteiger partial charge in [-0.25, -0.2) is 13.1 Å². The van der Waals surface area contributed by atoms with E-state index in [2.05, 4.69) is 4.72 Å². The van der Waals surface area contributed by atoms with Crippen LogP contribution in [0.3, 0.4) is 0 Å². The molecule has 0 aliphatic carbocycles. The van der Waals surface area contributed by atoms with Gasteiger partial charge in [0.2, 0.25) is 16.8 Å². The normalized spacial score (nSPS) is 18.4. The van der Waals surface area contributed by atoms with E-state index in [1.807, 2.05) is 18.2 Å². The van der Waals surface area contributed by atoms with Gasteiger partial charge >= 0.3 is 0 Å². The third-order valence-corrected chi connectivity index (χ3v) is 6.40. The van der Waals surface area contributed by atoms with E-state index in [9.17, 15) is 8.42 Å². The van der Waals surface area contributed by atoms with Crippen molar-refractivity contribution in [2.75, 3.05) is 39.6 Å². The van der Waals surface area contributed by atoms with Gasteiger partial charge < -0.3 is 19.1 Å². The number of benzene rings is 2. The lowest BCUT2D eigenvalue weighted by Gasteiger charge is -2.32. The zero-order chi connectivity index (χ0) is 18.7. The summed E-state index contributed by atoms with van der Waals surface area (Å²) in [6, 6.07) is 14.2. The van der Waals surface area contributed by atoms with Crippen LogP contribution in [0.25, 0.3) is 0 Å². The molecule has 2 N–H and O–H groups in total. The molecule has 0 radical (unpaired) electrons. The molecule has 2 heterocycles. The van der Waals surface area contributed by atoms with Crippen LogP contribution in [0.15, 0.2) is 53.4 Å². The molecule has 144 valence electrons. The lowest BCUT2D eigenvalue weighted by Crippen LogP contribution is -3.15. The summed E-state index contributed by atoms with van der Waals surface area (Å²) in [5, 5.41) is 0. The average Bonchev–Trinajstić information content (AvgIpc) is 3.17. The number of sulfonamides is 1. The molecule has 0 aromatic heterocycles. The Morgan fingerprint density at radius 1 is 1.00 bits per heavy atom. The molecule has 1 saturated heterocycles. The van der Waals surface area contributed by atoms with Crippen molar-refractivity contribution in [3.63, 3.8) is 0 Å². The van der Waals surface area contributed by atoms with E-state index in [0.29, 0.717) is 25.5 Å². The minimum Gasteiger partial charge on any atom is -0.454 e. The summed E-state index contributed by atoms with van der Waals surface area (Å²) in [5.41, 5.74) is 1.02. The van der Waals surface area contributed by atoms with E-state index in [0.717, 1.165) is 24.4 Å². The Balaban J connectivity index is 1.57. The minimum atomic E-state index is -3.56. The molecule has 0 saturated carbocycles. The summed E-state index contributed by atoms with van der Waals surface area (Å²) in [6.45, 7) is 3.50. The Labute approximate surface area is 158 Å². The molecule has 8 heteroatoms. The summed E-state index contributed by atoms with van der Waals surface area (Å²) < 4.78 is 44.4. The molecular formula is C19H23N2O5S+. The number of morpholine rings is 1. The second-order valence-corrected chi connectivity index (χ2v) is 8.37. The number of nitrogens with one attached hydrogen (secondary N) is 2. The highest BCUT2D eigenvalue weighted by Gasteiger charge is 2.29. The number of fused-ring (bicyclic) bond motifs is 1. The van der Waals surface area contributed by atoms with Crippen LogP contribution in [0, 0.1) is 0 Å². The molecule has 4 rings (SSSR count). The molecular weight excluding hydrogens is 368 g/mol. The van der Waals surface area contributed by atoms with Gasteiger partial charge in [-0.05, 0) is 30.3 Å². The van der Waals surface area contributed by atoms with Crippen molar-refractivity contribution in [1.29, 1.82) is 0 Å². The standard InChI is InChI=1S/C19H22N2O5S/c22-27(23,16-4-2-1-3-5-16)20-13-17(21-8-10-24-11-9-21)15-6-7-18-19(12-15)26-14-25-18/h1-7,12,17,20H,8-11,13-14H2/p+1/t17-/m0/s1. The monoisotopic (exact) mass is 391 g/mol. The number of ether oxygens (including phenoxy) is 3. The van der Waals surface area contributed by atoms with Gasteiger partial charge in [0.05, 0.1) is 24.7 Å². The van der Waals surface area contributed by atoms with Crippen LogP contribution in [-0.4, -0.2) is 48.1 Å². The number of quaternary nitrogens is 1. The first-order chi connectivity index (χ1) is 13.1. The second-order valence-electron chi connectivity index (χ2n) is 6.60. The topological polar surface area (TPSA) is 78.3 Å². The predicted molar refractivity (Wildman–Crippen MR) is 98.5 cm³/mol. The highest BCUT2D eigenvalue weighted by Crippen LogP contribution is 2.33. The molecule has 2 aliphatic rings. The Morgan fingerprint density at radius 3 is 2.52 bits per heavy atom. The molecule has 2 aliphatic heterocycles. The molecule has 7 nitrogen and oxygen atoms in total. The van der Waals surface area contributed by atoms with E-state index in [4.69, 9.17) is 14.2 Å². The fourth-order valence-electron chi connectivity index (χ4n) is 3.49. The fraction of sp³-hybridized carbons (Fsp3) is 0.368. The van der Waals surface area contributed by atoms with Crippen LogP contribution in [0.5, 0.6) is 11.5 Å². The van der Waals surface area contributed by atoms with Gasteiger partial charge in [-0.2, -0.15) is 0 Å². The van der Waals surface area contributed by atoms with E-state index in [1.54, 1.807) is 30.3 Å². The number of hydrogen-bond acceptors (Lipinski definition) is 5. The molecule has 1 fully saturated rings. The van der Waals surface area contributed by atoms with Crippen LogP contribution in [0.4, 0.5) is 0 Å². The third kappa shape index (κ3) is 4.08. The van der Waals surface area contributed by atoms with Crippen LogP contribution in [-0.2, 0) is 14.8 Å². The van der Waals surface area contributed by atoms with Gasteiger partial charge in [-0.3, -0.25) is 0 Å². The largest absolute Gasteiger partial charge is 0.454 e. The van der Waals surface area contributed by atoms with Crippen molar-refractivity contribution in [1.82, 2.24) is 4.72 Å². The van der Waals surface area contributed by atoms with Crippen molar-refractivity contribution in [3.05, 3.63) is 54.1 Å². The van der Waals surface area contributed by atoms with Crippen LogP contribution >= 0.6 is 0 Å². The Morgan fingerprint density at radius 2 is 1.74 bits per heavy atom. The molecule has 2 aromatic carbocycles. The van der Waals surface area contributed by atoms with Crippen LogP contribution in [0.1, 0.15) is 11.6 Å². The number of hydrogen-bond donors (Lipinski definition) is 2. The molecule has 27 heavy (non-hydrogen) atoms. The zero-order valence-electron chi connectivity index (χ0n) is 14.9. The van der Waals surface area contributed by atoms with E-state index >= 15 is 0 Å². The van der Waals surface area contributed by atoms with Crippen LogP contribution in [0.2, 0.25) is 0 Å². The fourth-order valence-corrected chi connectivity index (χ4v) is 4.55. The highest BCUT2D eigenvalue weighted by atomic mass is 32.2. The molecule has 1 atom stereocenters. The smallest absolute Gasteiger partial charge is 0.240 e. The van der Waals surface area contributed by atoms with E-state index in [-0.39, 0.29) is 17.7 Å². The second kappa shape index (κ2) is 7.85. The summed E-state index contributed by atoms with van der Waals surface area (Å²) >= 11 is 0. The maximum absolute atomic E-state index is 12.6. The third-order valence-electron chi connectivity index (χ3n) is 4.96. The Hall–Kier alpha value is -2.13. The van der Waals surface area contributed by atoms with E-state index < -0.39 is 10.0 Å². The van der Waals surface area contributed by atoms with Crippen molar-refractivity contribution >= 4 is 10.0 Å². The average molecular weight is 391 g/mol. The first-order valence-electron chi connectivity index (χ1n) is 9.00. The number of rotatable bonds is 6. The first kappa shape index (κ1) is 18.2. The van der Waals surface area contributed by atoms with Crippen LogP contribution < -0.4 is 19.1 Å². The molecule has 0 bridgehead atoms. The summed E-state index contributed by atoms with van der Waals surface area (Å²) in [5.74, 6) is 1.43. The maximum atomic E-state index is 12.6. The van der Waals surface area contributed by atoms with Crippen molar-refractivity contribution in [2.24, 2.45) is 0 Å². The van der Waals surface area contributed by atoms with Gasteiger partial charge in [0.25, 0.3) is 0 Å². The molecule has 2 aromatic rings. The minimum absolute atomic E-state index is 0.0399. The van der Waals surface area contributed by atoms with Gasteiger partial charge in [0.15, 0.2) is 11.5 Å². The summed E-state index contributed by atoms with van der Waals surface area (Å²) in [7, 11) is -3.56. The first-order valence-corrected chi connectivity index (χ1v) is 10.5. The summed E-state index contributed by atoms with van der Waals surface area (Å²) in [6.07, 6.45) is 0. The SMILES string of the molecule is O=S(=O)(NC[C@@H](c1ccc2c(c1)OCO2)[NH+]1CCOCC1)c1ccccc1. The van der Waals surface area contributed by atoms with Crippen molar-refractivity contribution < 1.29 is 27.5 Å². The van der Waals surface area contributed by atoms with Gasteiger partial charge in [0, 0.05) is 5.56 Å². The highest BCUT2D eigenvalue weighted by molar-refractivity contribution is 7.89. The summed E-state index contributed by atoms with van der Waals surface area (Å²) in [4.78, 5) is 1.56. The van der Waals surface area contributed by atoms with Gasteiger partial charge in [-0.1, -0.05) is 18.2 Å². The van der Waals surface area contributed by atoms with Gasteiger partial charge in [-0.15, -0.1) is 0 Å². The molecule has 0 spiro atoms. The quantitative estimate of drug-likeness (QED) is 0.743.